The number of para-hydroxylation sites is 2. The second-order valence-electron chi connectivity index (χ2n) is 5.54. The van der Waals surface area contributed by atoms with Gasteiger partial charge in [0.25, 0.3) is 11.8 Å². The summed E-state index contributed by atoms with van der Waals surface area (Å²) in [5.74, 6) is -1.81. The van der Waals surface area contributed by atoms with Crippen molar-refractivity contribution >= 4 is 28.7 Å². The summed E-state index contributed by atoms with van der Waals surface area (Å²) in [4.78, 5) is 40.3. The standard InChI is InChI=1S/C20H16N2O5/c1-26-17-9-5-3-7-14(17)19(24)22-18(23)12-27-20(25)16-11-10-13-6-2-4-8-15(13)21-16/h2-11H,12H2,1H3,(H,22,23,24). The number of methoxy groups -OCH3 is 1. The van der Waals surface area contributed by atoms with E-state index >= 15 is 0 Å². The van der Waals surface area contributed by atoms with Crippen LogP contribution in [-0.4, -0.2) is 36.5 Å². The summed E-state index contributed by atoms with van der Waals surface area (Å²) >= 11 is 0. The third-order valence-electron chi connectivity index (χ3n) is 3.75. The van der Waals surface area contributed by atoms with Crippen LogP contribution in [0.1, 0.15) is 20.8 Å². The number of aromatic nitrogens is 1. The highest BCUT2D eigenvalue weighted by Gasteiger charge is 2.17. The molecule has 0 aliphatic heterocycles. The van der Waals surface area contributed by atoms with Crippen LogP contribution in [0.5, 0.6) is 5.75 Å². The van der Waals surface area contributed by atoms with Crippen molar-refractivity contribution in [3.05, 3.63) is 71.9 Å². The molecule has 0 saturated heterocycles. The first-order valence-electron chi connectivity index (χ1n) is 8.08. The van der Waals surface area contributed by atoms with E-state index in [2.05, 4.69) is 10.3 Å². The number of amides is 2. The molecule has 7 heteroatoms. The van der Waals surface area contributed by atoms with E-state index in [9.17, 15) is 14.4 Å². The van der Waals surface area contributed by atoms with Gasteiger partial charge in [-0.2, -0.15) is 0 Å². The zero-order valence-corrected chi connectivity index (χ0v) is 14.5. The molecule has 0 atom stereocenters. The molecule has 2 amide bonds. The van der Waals surface area contributed by atoms with Gasteiger partial charge >= 0.3 is 5.97 Å². The molecule has 27 heavy (non-hydrogen) atoms. The normalized spacial score (nSPS) is 10.3. The van der Waals surface area contributed by atoms with E-state index in [1.807, 2.05) is 12.1 Å². The number of carbonyl (C=O) groups excluding carboxylic acids is 3. The molecule has 0 aliphatic rings. The fraction of sp³-hybridized carbons (Fsp3) is 0.100. The second kappa shape index (κ2) is 8.09. The molecule has 0 radical (unpaired) electrons. The topological polar surface area (TPSA) is 94.6 Å². The number of esters is 1. The molecule has 1 aromatic heterocycles. The van der Waals surface area contributed by atoms with Gasteiger partial charge in [-0.3, -0.25) is 14.9 Å². The number of hydrogen-bond donors (Lipinski definition) is 1. The van der Waals surface area contributed by atoms with Crippen LogP contribution in [-0.2, 0) is 9.53 Å². The number of rotatable bonds is 5. The average Bonchev–Trinajstić information content (AvgIpc) is 2.71. The van der Waals surface area contributed by atoms with Crippen LogP contribution < -0.4 is 10.1 Å². The highest BCUT2D eigenvalue weighted by molar-refractivity contribution is 6.07. The first kappa shape index (κ1) is 18.1. The number of nitrogens with one attached hydrogen (secondary N) is 1. The van der Waals surface area contributed by atoms with Gasteiger partial charge in [-0.15, -0.1) is 0 Å². The molecule has 0 saturated carbocycles. The SMILES string of the molecule is COc1ccccc1C(=O)NC(=O)COC(=O)c1ccc2ccccc2n1. The molecule has 2 aromatic carbocycles. The fourth-order valence-corrected chi connectivity index (χ4v) is 2.45. The minimum Gasteiger partial charge on any atom is -0.496 e. The Kier molecular flexibility index (Phi) is 5.41. The summed E-state index contributed by atoms with van der Waals surface area (Å²) in [6.45, 7) is -0.603. The summed E-state index contributed by atoms with van der Waals surface area (Å²) in [6.07, 6.45) is 0. The molecule has 0 fully saturated rings. The molecule has 3 rings (SSSR count). The molecule has 3 aromatic rings. The van der Waals surface area contributed by atoms with E-state index < -0.39 is 24.4 Å². The van der Waals surface area contributed by atoms with Crippen LogP contribution in [0.3, 0.4) is 0 Å². The van der Waals surface area contributed by atoms with Crippen molar-refractivity contribution in [2.24, 2.45) is 0 Å². The van der Waals surface area contributed by atoms with Gasteiger partial charge in [0.05, 0.1) is 18.2 Å². The number of carbonyl (C=O) groups is 3. The monoisotopic (exact) mass is 364 g/mol. The van der Waals surface area contributed by atoms with Gasteiger partial charge in [0.2, 0.25) is 0 Å². The Morgan fingerprint density at radius 1 is 0.963 bits per heavy atom. The van der Waals surface area contributed by atoms with Gasteiger partial charge < -0.3 is 9.47 Å². The summed E-state index contributed by atoms with van der Waals surface area (Å²) in [7, 11) is 1.42. The van der Waals surface area contributed by atoms with Gasteiger partial charge in [-0.1, -0.05) is 36.4 Å². The van der Waals surface area contributed by atoms with Crippen molar-refractivity contribution in [1.82, 2.24) is 10.3 Å². The minimum absolute atomic E-state index is 0.0811. The maximum Gasteiger partial charge on any atom is 0.357 e. The van der Waals surface area contributed by atoms with E-state index in [4.69, 9.17) is 9.47 Å². The Bertz CT molecular complexity index is 1020. The van der Waals surface area contributed by atoms with Gasteiger partial charge in [0.15, 0.2) is 6.61 Å². The van der Waals surface area contributed by atoms with Crippen LogP contribution in [0, 0.1) is 0 Å². The Morgan fingerprint density at radius 2 is 1.70 bits per heavy atom. The van der Waals surface area contributed by atoms with Gasteiger partial charge in [0.1, 0.15) is 11.4 Å². The highest BCUT2D eigenvalue weighted by Crippen LogP contribution is 2.16. The van der Waals surface area contributed by atoms with E-state index in [-0.39, 0.29) is 11.3 Å². The predicted octanol–water partition coefficient (Wildman–Crippen LogP) is 2.36. The lowest BCUT2D eigenvalue weighted by Gasteiger charge is -2.08. The highest BCUT2D eigenvalue weighted by atomic mass is 16.5. The van der Waals surface area contributed by atoms with E-state index in [0.717, 1.165) is 5.39 Å². The van der Waals surface area contributed by atoms with Crippen molar-refractivity contribution in [3.8, 4) is 5.75 Å². The maximum absolute atomic E-state index is 12.1. The van der Waals surface area contributed by atoms with E-state index in [0.29, 0.717) is 11.3 Å². The minimum atomic E-state index is -0.750. The smallest absolute Gasteiger partial charge is 0.357 e. The third kappa shape index (κ3) is 4.27. The number of ether oxygens (including phenoxy) is 2. The van der Waals surface area contributed by atoms with Gasteiger partial charge in [0, 0.05) is 5.39 Å². The lowest BCUT2D eigenvalue weighted by atomic mass is 10.2. The molecular weight excluding hydrogens is 348 g/mol. The van der Waals surface area contributed by atoms with Gasteiger partial charge in [-0.25, -0.2) is 9.78 Å². The second-order valence-corrected chi connectivity index (χ2v) is 5.54. The van der Waals surface area contributed by atoms with Crippen LogP contribution in [0.2, 0.25) is 0 Å². The maximum atomic E-state index is 12.1. The summed E-state index contributed by atoms with van der Waals surface area (Å²) in [5.41, 5.74) is 0.927. The first-order chi connectivity index (χ1) is 13.1. The number of fused-ring (bicyclic) bond motifs is 1. The van der Waals surface area contributed by atoms with Crippen molar-refractivity contribution in [1.29, 1.82) is 0 Å². The molecule has 0 bridgehead atoms. The fourth-order valence-electron chi connectivity index (χ4n) is 2.45. The first-order valence-corrected chi connectivity index (χ1v) is 8.08. The average molecular weight is 364 g/mol. The van der Waals surface area contributed by atoms with Crippen LogP contribution in [0.15, 0.2) is 60.7 Å². The van der Waals surface area contributed by atoms with Crippen molar-refractivity contribution in [2.45, 2.75) is 0 Å². The lowest BCUT2D eigenvalue weighted by molar-refractivity contribution is -0.123. The number of nitrogens with zero attached hydrogens (tertiary/aromatic N) is 1. The molecule has 0 unspecified atom stereocenters. The third-order valence-corrected chi connectivity index (χ3v) is 3.75. The number of pyridine rings is 1. The summed E-state index contributed by atoms with van der Waals surface area (Å²) in [6, 6.07) is 17.0. The molecule has 0 aliphatic carbocycles. The zero-order valence-electron chi connectivity index (χ0n) is 14.5. The predicted molar refractivity (Wildman–Crippen MR) is 97.5 cm³/mol. The Hall–Kier alpha value is -3.74. The van der Waals surface area contributed by atoms with Crippen molar-refractivity contribution in [2.75, 3.05) is 13.7 Å². The quantitative estimate of drug-likeness (QED) is 0.699. The van der Waals surface area contributed by atoms with E-state index in [1.165, 1.54) is 19.2 Å². The Morgan fingerprint density at radius 3 is 2.52 bits per heavy atom. The van der Waals surface area contributed by atoms with Crippen LogP contribution in [0.25, 0.3) is 10.9 Å². The zero-order chi connectivity index (χ0) is 19.2. The molecule has 0 spiro atoms. The van der Waals surface area contributed by atoms with Crippen LogP contribution >= 0.6 is 0 Å². The van der Waals surface area contributed by atoms with E-state index in [1.54, 1.807) is 36.4 Å². The Labute approximate surface area is 154 Å². The molecule has 7 nitrogen and oxygen atoms in total. The summed E-state index contributed by atoms with van der Waals surface area (Å²) < 4.78 is 10.0. The lowest BCUT2D eigenvalue weighted by Crippen LogP contribution is -2.34. The molecular formula is C20H16N2O5. The van der Waals surface area contributed by atoms with Crippen molar-refractivity contribution in [3.63, 3.8) is 0 Å². The van der Waals surface area contributed by atoms with Crippen LogP contribution in [0.4, 0.5) is 0 Å². The number of hydrogen-bond acceptors (Lipinski definition) is 6. The molecule has 1 heterocycles. The van der Waals surface area contributed by atoms with Gasteiger partial charge in [-0.05, 0) is 24.3 Å². The molecule has 1 N–H and O–H groups in total. The van der Waals surface area contributed by atoms with Crippen molar-refractivity contribution < 1.29 is 23.9 Å². The number of imide groups is 1. The number of benzene rings is 2. The molecule has 136 valence electrons. The summed E-state index contributed by atoms with van der Waals surface area (Å²) in [5, 5.41) is 3.04. The largest absolute Gasteiger partial charge is 0.496 e. The Balaban J connectivity index is 1.59.